The first kappa shape index (κ1) is 12.6. The van der Waals surface area contributed by atoms with Gasteiger partial charge in [-0.15, -0.1) is 0 Å². The van der Waals surface area contributed by atoms with E-state index in [1.807, 2.05) is 12.1 Å². The van der Waals surface area contributed by atoms with E-state index in [0.717, 1.165) is 38.8 Å². The molecule has 1 aliphatic carbocycles. The molecular weight excluding hydrogens is 238 g/mol. The second-order valence-corrected chi connectivity index (χ2v) is 5.56. The minimum atomic E-state index is 0.0381. The molecule has 0 bridgehead atoms. The molecule has 0 spiro atoms. The van der Waals surface area contributed by atoms with Crippen molar-refractivity contribution in [2.45, 2.75) is 50.7 Å². The van der Waals surface area contributed by atoms with Crippen LogP contribution in [-0.2, 0) is 11.3 Å². The maximum atomic E-state index is 12.6. The molecule has 1 aromatic heterocycles. The summed E-state index contributed by atoms with van der Waals surface area (Å²) in [6.45, 7) is 1.70. The number of carbonyl (C=O) groups is 1. The molecule has 1 saturated heterocycles. The third kappa shape index (κ3) is 3.13. The normalized spacial score (nSPS) is 23.1. The van der Waals surface area contributed by atoms with Crippen molar-refractivity contribution in [3.05, 3.63) is 30.1 Å². The standard InChI is InChI=1S/C15H21N3O/c19-15(14-3-1-2-8-17-14)18(13-4-5-13)11-12-6-9-16-10-7-12/h6-7,9-10,13-14,17H,1-5,8,11H2/t14-/m0/s1. The van der Waals surface area contributed by atoms with Crippen LogP contribution in [0, 0.1) is 0 Å². The summed E-state index contributed by atoms with van der Waals surface area (Å²) in [5.74, 6) is 0.291. The molecule has 102 valence electrons. The number of aromatic nitrogens is 1. The fraction of sp³-hybridized carbons (Fsp3) is 0.600. The topological polar surface area (TPSA) is 45.2 Å². The largest absolute Gasteiger partial charge is 0.334 e. The van der Waals surface area contributed by atoms with Crippen molar-refractivity contribution in [2.24, 2.45) is 0 Å². The number of pyridine rings is 1. The number of rotatable bonds is 4. The number of carbonyl (C=O) groups excluding carboxylic acids is 1. The number of hydrogen-bond donors (Lipinski definition) is 1. The van der Waals surface area contributed by atoms with Crippen molar-refractivity contribution >= 4 is 5.91 Å². The molecule has 4 heteroatoms. The van der Waals surface area contributed by atoms with Crippen LogP contribution in [-0.4, -0.2) is 34.4 Å². The summed E-state index contributed by atoms with van der Waals surface area (Å²) in [7, 11) is 0. The molecule has 0 unspecified atom stereocenters. The lowest BCUT2D eigenvalue weighted by molar-refractivity contribution is -0.135. The second kappa shape index (κ2) is 5.70. The van der Waals surface area contributed by atoms with Gasteiger partial charge in [0.1, 0.15) is 0 Å². The van der Waals surface area contributed by atoms with Crippen molar-refractivity contribution in [2.75, 3.05) is 6.54 Å². The fourth-order valence-electron chi connectivity index (χ4n) is 2.72. The molecule has 2 heterocycles. The lowest BCUT2D eigenvalue weighted by atomic mass is 10.0. The Kier molecular flexibility index (Phi) is 3.78. The minimum absolute atomic E-state index is 0.0381. The van der Waals surface area contributed by atoms with Crippen LogP contribution in [0.5, 0.6) is 0 Å². The Labute approximate surface area is 114 Å². The second-order valence-electron chi connectivity index (χ2n) is 5.56. The van der Waals surface area contributed by atoms with Crippen molar-refractivity contribution in [1.82, 2.24) is 15.2 Å². The number of hydrogen-bond acceptors (Lipinski definition) is 3. The molecule has 2 fully saturated rings. The summed E-state index contributed by atoms with van der Waals surface area (Å²) in [6, 6.07) is 4.49. The van der Waals surface area contributed by atoms with Gasteiger partial charge in [0.25, 0.3) is 0 Å². The van der Waals surface area contributed by atoms with Crippen LogP contribution in [0.1, 0.15) is 37.7 Å². The van der Waals surface area contributed by atoms with Crippen LogP contribution in [0.3, 0.4) is 0 Å². The quantitative estimate of drug-likeness (QED) is 0.895. The van der Waals surface area contributed by atoms with Gasteiger partial charge in [-0.2, -0.15) is 0 Å². The first-order valence-electron chi connectivity index (χ1n) is 7.27. The SMILES string of the molecule is O=C([C@@H]1CCCCN1)N(Cc1ccncc1)C1CC1. The lowest BCUT2D eigenvalue weighted by Crippen LogP contribution is -2.49. The van der Waals surface area contributed by atoms with Crippen LogP contribution in [0.15, 0.2) is 24.5 Å². The Hall–Kier alpha value is -1.42. The predicted molar refractivity (Wildman–Crippen MR) is 73.5 cm³/mol. The zero-order valence-corrected chi connectivity index (χ0v) is 11.2. The molecule has 1 aliphatic heterocycles. The number of nitrogens with zero attached hydrogens (tertiary/aromatic N) is 2. The summed E-state index contributed by atoms with van der Waals surface area (Å²) in [6.07, 6.45) is 9.24. The van der Waals surface area contributed by atoms with E-state index in [9.17, 15) is 4.79 Å². The van der Waals surface area contributed by atoms with Gasteiger partial charge in [0.15, 0.2) is 0 Å². The van der Waals surface area contributed by atoms with Gasteiger partial charge in [0.2, 0.25) is 5.91 Å². The van der Waals surface area contributed by atoms with E-state index in [1.165, 1.54) is 12.0 Å². The van der Waals surface area contributed by atoms with Gasteiger partial charge in [0.05, 0.1) is 6.04 Å². The van der Waals surface area contributed by atoms with E-state index in [4.69, 9.17) is 0 Å². The first-order chi connectivity index (χ1) is 9.34. The highest BCUT2D eigenvalue weighted by Crippen LogP contribution is 2.29. The summed E-state index contributed by atoms with van der Waals surface area (Å²) in [4.78, 5) is 18.7. The van der Waals surface area contributed by atoms with Crippen LogP contribution >= 0.6 is 0 Å². The third-order valence-electron chi connectivity index (χ3n) is 3.98. The molecule has 1 saturated carbocycles. The molecule has 1 amide bonds. The molecule has 2 aliphatic rings. The minimum Gasteiger partial charge on any atom is -0.334 e. The van der Waals surface area contributed by atoms with E-state index in [-0.39, 0.29) is 6.04 Å². The maximum Gasteiger partial charge on any atom is 0.240 e. The average Bonchev–Trinajstić information content (AvgIpc) is 3.31. The van der Waals surface area contributed by atoms with Crippen LogP contribution < -0.4 is 5.32 Å². The van der Waals surface area contributed by atoms with E-state index in [2.05, 4.69) is 15.2 Å². The molecule has 1 N–H and O–H groups in total. The Bertz CT molecular complexity index is 424. The van der Waals surface area contributed by atoms with Crippen molar-refractivity contribution in [3.8, 4) is 0 Å². The Morgan fingerprint density at radius 1 is 1.26 bits per heavy atom. The van der Waals surface area contributed by atoms with E-state index in [0.29, 0.717) is 11.9 Å². The highest BCUT2D eigenvalue weighted by atomic mass is 16.2. The van der Waals surface area contributed by atoms with Gasteiger partial charge in [-0.05, 0) is 49.9 Å². The van der Waals surface area contributed by atoms with Gasteiger partial charge >= 0.3 is 0 Å². The van der Waals surface area contributed by atoms with E-state index < -0.39 is 0 Å². The molecular formula is C15H21N3O. The lowest BCUT2D eigenvalue weighted by Gasteiger charge is -2.30. The maximum absolute atomic E-state index is 12.6. The van der Waals surface area contributed by atoms with Crippen molar-refractivity contribution in [1.29, 1.82) is 0 Å². The van der Waals surface area contributed by atoms with Crippen LogP contribution in [0.25, 0.3) is 0 Å². The molecule has 4 nitrogen and oxygen atoms in total. The number of amides is 1. The van der Waals surface area contributed by atoms with Crippen LogP contribution in [0.4, 0.5) is 0 Å². The van der Waals surface area contributed by atoms with E-state index in [1.54, 1.807) is 12.4 Å². The molecule has 0 aromatic carbocycles. The molecule has 1 atom stereocenters. The Morgan fingerprint density at radius 3 is 2.68 bits per heavy atom. The monoisotopic (exact) mass is 259 g/mol. The Morgan fingerprint density at radius 2 is 2.05 bits per heavy atom. The predicted octanol–water partition coefficient (Wildman–Crippen LogP) is 1.71. The van der Waals surface area contributed by atoms with Gasteiger partial charge in [0, 0.05) is 25.0 Å². The highest BCUT2D eigenvalue weighted by molar-refractivity contribution is 5.82. The molecule has 19 heavy (non-hydrogen) atoms. The van der Waals surface area contributed by atoms with Gasteiger partial charge in [-0.1, -0.05) is 6.42 Å². The van der Waals surface area contributed by atoms with Gasteiger partial charge in [-0.3, -0.25) is 9.78 Å². The highest BCUT2D eigenvalue weighted by Gasteiger charge is 2.36. The van der Waals surface area contributed by atoms with Gasteiger partial charge < -0.3 is 10.2 Å². The number of nitrogens with one attached hydrogen (secondary N) is 1. The molecule has 1 aromatic rings. The van der Waals surface area contributed by atoms with Crippen molar-refractivity contribution < 1.29 is 4.79 Å². The van der Waals surface area contributed by atoms with Crippen molar-refractivity contribution in [3.63, 3.8) is 0 Å². The van der Waals surface area contributed by atoms with E-state index >= 15 is 0 Å². The average molecular weight is 259 g/mol. The summed E-state index contributed by atoms with van der Waals surface area (Å²) >= 11 is 0. The smallest absolute Gasteiger partial charge is 0.240 e. The zero-order chi connectivity index (χ0) is 13.1. The fourth-order valence-corrected chi connectivity index (χ4v) is 2.72. The zero-order valence-electron chi connectivity index (χ0n) is 11.2. The number of piperidine rings is 1. The first-order valence-corrected chi connectivity index (χ1v) is 7.27. The third-order valence-corrected chi connectivity index (χ3v) is 3.98. The molecule has 3 rings (SSSR count). The molecule has 0 radical (unpaired) electrons. The van der Waals surface area contributed by atoms with Crippen LogP contribution in [0.2, 0.25) is 0 Å². The summed E-state index contributed by atoms with van der Waals surface area (Å²) in [5, 5.41) is 3.36. The van der Waals surface area contributed by atoms with Gasteiger partial charge in [-0.25, -0.2) is 0 Å². The summed E-state index contributed by atoms with van der Waals surface area (Å²) in [5.41, 5.74) is 1.17. The Balaban J connectivity index is 1.68. The summed E-state index contributed by atoms with van der Waals surface area (Å²) < 4.78 is 0.